The molecular weight excluding hydrogens is 584 g/mol. The number of carboxylic acid groups (broad SMARTS) is 1. The van der Waals surface area contributed by atoms with Crippen LogP contribution in [0, 0.1) is 18.6 Å². The summed E-state index contributed by atoms with van der Waals surface area (Å²) in [5, 5.41) is 22.8. The van der Waals surface area contributed by atoms with Crippen molar-refractivity contribution in [3.8, 4) is 0 Å². The predicted octanol–water partition coefficient (Wildman–Crippen LogP) is 4.37. The normalized spacial score (nSPS) is 13.9. The molecule has 228 valence electrons. The molecule has 0 saturated heterocycles. The molecule has 2 aromatic carbocycles. The maximum atomic E-state index is 13.7. The number of carbonyl (C=O) groups excluding carboxylic acids is 2. The van der Waals surface area contributed by atoms with Crippen molar-refractivity contribution < 1.29 is 28.3 Å². The number of carboxylic acids is 1. The summed E-state index contributed by atoms with van der Waals surface area (Å²) in [6, 6.07) is 11.5. The van der Waals surface area contributed by atoms with E-state index in [4.69, 9.17) is 0 Å². The molecule has 0 bridgehead atoms. The molecule has 45 heavy (non-hydrogen) atoms. The summed E-state index contributed by atoms with van der Waals surface area (Å²) >= 11 is 0. The van der Waals surface area contributed by atoms with Crippen LogP contribution in [0.4, 0.5) is 14.5 Å². The molecule has 1 aliphatic carbocycles. The first-order valence-corrected chi connectivity index (χ1v) is 14.1. The van der Waals surface area contributed by atoms with Gasteiger partial charge in [0, 0.05) is 37.2 Å². The molecule has 0 saturated carbocycles. The zero-order valence-corrected chi connectivity index (χ0v) is 24.0. The Morgan fingerprint density at radius 2 is 1.78 bits per heavy atom. The molecule has 11 nitrogen and oxygen atoms in total. The molecule has 4 N–H and O–H groups in total. The summed E-state index contributed by atoms with van der Waals surface area (Å²) in [4.78, 5) is 46.5. The molecule has 3 aromatic heterocycles. The Balaban J connectivity index is 1.30. The third-order valence-corrected chi connectivity index (χ3v) is 7.85. The van der Waals surface area contributed by atoms with Crippen LogP contribution in [-0.4, -0.2) is 42.5 Å². The quantitative estimate of drug-likeness (QED) is 0.192. The molecule has 0 aliphatic heterocycles. The number of nitrogens with zero attached hydrogens (tertiary/aromatic N) is 4. The molecule has 5 aromatic rings. The lowest BCUT2D eigenvalue weighted by Crippen LogP contribution is -2.26. The number of aromatic nitrogens is 4. The summed E-state index contributed by atoms with van der Waals surface area (Å²) in [5.41, 5.74) is 4.70. The van der Waals surface area contributed by atoms with E-state index in [2.05, 4.69) is 31.0 Å². The van der Waals surface area contributed by atoms with Crippen LogP contribution in [0.5, 0.6) is 0 Å². The van der Waals surface area contributed by atoms with Gasteiger partial charge in [-0.3, -0.25) is 14.6 Å². The minimum atomic E-state index is -1.03. The zero-order valence-electron chi connectivity index (χ0n) is 24.0. The molecule has 13 heteroatoms. The fourth-order valence-corrected chi connectivity index (χ4v) is 5.54. The number of halogens is 2. The Morgan fingerprint density at radius 1 is 0.978 bits per heavy atom. The van der Waals surface area contributed by atoms with E-state index in [0.29, 0.717) is 23.4 Å². The van der Waals surface area contributed by atoms with Gasteiger partial charge in [0.1, 0.15) is 11.3 Å². The zero-order chi connectivity index (χ0) is 31.7. The Kier molecular flexibility index (Phi) is 8.00. The van der Waals surface area contributed by atoms with Crippen molar-refractivity contribution in [2.45, 2.75) is 38.9 Å². The van der Waals surface area contributed by atoms with E-state index in [9.17, 15) is 28.3 Å². The number of anilines is 1. The van der Waals surface area contributed by atoms with Gasteiger partial charge >= 0.3 is 5.97 Å². The molecule has 3 heterocycles. The van der Waals surface area contributed by atoms with Crippen LogP contribution in [0.1, 0.15) is 71.6 Å². The summed E-state index contributed by atoms with van der Waals surface area (Å²) in [6.45, 7) is 1.96. The van der Waals surface area contributed by atoms with Crippen molar-refractivity contribution in [3.05, 3.63) is 124 Å². The van der Waals surface area contributed by atoms with Crippen LogP contribution in [0.2, 0.25) is 0 Å². The minimum absolute atomic E-state index is 0.00545. The van der Waals surface area contributed by atoms with Crippen molar-refractivity contribution in [2.24, 2.45) is 0 Å². The summed E-state index contributed by atoms with van der Waals surface area (Å²) in [5.74, 6) is -4.06. The number of benzene rings is 2. The maximum Gasteiger partial charge on any atom is 0.335 e. The molecule has 0 fully saturated rings. The highest BCUT2D eigenvalue weighted by molar-refractivity contribution is 6.08. The average molecular weight is 612 g/mol. The van der Waals surface area contributed by atoms with Crippen molar-refractivity contribution in [1.29, 1.82) is 0 Å². The second kappa shape index (κ2) is 12.2. The molecule has 0 unspecified atom stereocenters. The Hall–Kier alpha value is -5.56. The summed E-state index contributed by atoms with van der Waals surface area (Å²) < 4.78 is 28.5. The van der Waals surface area contributed by atoms with Crippen molar-refractivity contribution in [2.75, 3.05) is 5.32 Å². The first-order chi connectivity index (χ1) is 21.7. The third-order valence-electron chi connectivity index (χ3n) is 7.85. The Labute approximate surface area is 255 Å². The highest BCUT2D eigenvalue weighted by Crippen LogP contribution is 2.35. The number of hydrogen-bond donors (Lipinski definition) is 4. The standard InChI is InChI=1S/C32H27F2N7O4/c1-17-21-5-7-27(23(21)4-3-22(17)32(44)45)36-15-20-13-28(31(43)37-14-18-2-6-25(33)26(34)12-18)40-29-24(16-38-41(20)29)30(42)39-19-8-10-35-11-9-19/h2-4,6,8-13,16,27,36H,5,7,14-15H2,1H3,(H,37,43)(H,44,45)(H,35,39,42)/t27-/m0/s1. The van der Waals surface area contributed by atoms with Crippen LogP contribution in [0.3, 0.4) is 0 Å². The van der Waals surface area contributed by atoms with Crippen LogP contribution < -0.4 is 16.0 Å². The van der Waals surface area contributed by atoms with Gasteiger partial charge < -0.3 is 21.1 Å². The second-order valence-electron chi connectivity index (χ2n) is 10.6. The fourth-order valence-electron chi connectivity index (χ4n) is 5.54. The Bertz CT molecular complexity index is 1960. The SMILES string of the molecule is Cc1c(C(=O)O)ccc2c1CC[C@@H]2NCc1cc(C(=O)NCc2ccc(F)c(F)c2)nc2c(C(=O)Nc3ccncc3)cnn12. The topological polar surface area (TPSA) is 151 Å². The van der Waals surface area contributed by atoms with E-state index in [1.54, 1.807) is 24.3 Å². The third kappa shape index (κ3) is 5.97. The van der Waals surface area contributed by atoms with Crippen LogP contribution in [0.25, 0.3) is 5.65 Å². The number of pyridine rings is 1. The van der Waals surface area contributed by atoms with E-state index >= 15 is 0 Å². The van der Waals surface area contributed by atoms with Crippen molar-refractivity contribution >= 4 is 29.1 Å². The van der Waals surface area contributed by atoms with E-state index in [-0.39, 0.29) is 41.6 Å². The number of nitrogens with one attached hydrogen (secondary N) is 3. The van der Waals surface area contributed by atoms with Crippen LogP contribution in [0.15, 0.2) is 67.1 Å². The van der Waals surface area contributed by atoms with E-state index in [1.165, 1.54) is 29.2 Å². The summed E-state index contributed by atoms with van der Waals surface area (Å²) in [7, 11) is 0. The maximum absolute atomic E-state index is 13.7. The highest BCUT2D eigenvalue weighted by atomic mass is 19.2. The number of rotatable bonds is 9. The number of hydrogen-bond acceptors (Lipinski definition) is 7. The average Bonchev–Trinajstić information content (AvgIpc) is 3.66. The number of aromatic carboxylic acids is 1. The molecule has 2 amide bonds. The van der Waals surface area contributed by atoms with Crippen molar-refractivity contribution in [1.82, 2.24) is 30.2 Å². The molecular formula is C32H27F2N7O4. The molecule has 1 aliphatic rings. The first kappa shape index (κ1) is 29.5. The van der Waals surface area contributed by atoms with E-state index < -0.39 is 29.4 Å². The lowest BCUT2D eigenvalue weighted by atomic mass is 9.98. The second-order valence-corrected chi connectivity index (χ2v) is 10.6. The fraction of sp³-hybridized carbons (Fsp3) is 0.188. The molecule has 1 atom stereocenters. The summed E-state index contributed by atoms with van der Waals surface area (Å²) in [6.07, 6.45) is 5.90. The first-order valence-electron chi connectivity index (χ1n) is 14.1. The minimum Gasteiger partial charge on any atom is -0.478 e. The highest BCUT2D eigenvalue weighted by Gasteiger charge is 2.27. The number of carbonyl (C=O) groups is 3. The van der Waals surface area contributed by atoms with Crippen LogP contribution in [-0.2, 0) is 19.5 Å². The number of amides is 2. The van der Waals surface area contributed by atoms with E-state index in [1.807, 2.05) is 13.0 Å². The van der Waals surface area contributed by atoms with Gasteiger partial charge in [-0.2, -0.15) is 5.10 Å². The smallest absolute Gasteiger partial charge is 0.335 e. The van der Waals surface area contributed by atoms with E-state index in [0.717, 1.165) is 35.2 Å². The van der Waals surface area contributed by atoms with Gasteiger partial charge in [0.2, 0.25) is 0 Å². The molecule has 0 spiro atoms. The largest absolute Gasteiger partial charge is 0.478 e. The van der Waals surface area contributed by atoms with Gasteiger partial charge in [0.15, 0.2) is 17.3 Å². The lowest BCUT2D eigenvalue weighted by molar-refractivity contribution is 0.0695. The van der Waals surface area contributed by atoms with Gasteiger partial charge in [0.05, 0.1) is 17.5 Å². The molecule has 6 rings (SSSR count). The predicted molar refractivity (Wildman–Crippen MR) is 159 cm³/mol. The van der Waals surface area contributed by atoms with Gasteiger partial charge in [0.25, 0.3) is 11.8 Å². The molecule has 0 radical (unpaired) electrons. The number of fused-ring (bicyclic) bond motifs is 2. The van der Waals surface area contributed by atoms with Gasteiger partial charge in [-0.25, -0.2) is 23.1 Å². The van der Waals surface area contributed by atoms with Crippen molar-refractivity contribution in [3.63, 3.8) is 0 Å². The van der Waals surface area contributed by atoms with Gasteiger partial charge in [-0.05, 0) is 78.4 Å². The van der Waals surface area contributed by atoms with Gasteiger partial charge in [-0.15, -0.1) is 0 Å². The monoisotopic (exact) mass is 611 g/mol. The Morgan fingerprint density at radius 3 is 2.53 bits per heavy atom. The van der Waals surface area contributed by atoms with Gasteiger partial charge in [-0.1, -0.05) is 12.1 Å². The lowest BCUT2D eigenvalue weighted by Gasteiger charge is -2.16. The van der Waals surface area contributed by atoms with Crippen LogP contribution >= 0.6 is 0 Å².